The number of thiazole rings is 1. The summed E-state index contributed by atoms with van der Waals surface area (Å²) in [6.07, 6.45) is 2.42. The number of benzene rings is 1. The lowest BCUT2D eigenvalue weighted by Crippen LogP contribution is -2.62. The molecule has 2 aromatic rings. The predicted molar refractivity (Wildman–Crippen MR) is 89.4 cm³/mol. The van der Waals surface area contributed by atoms with E-state index in [0.29, 0.717) is 12.0 Å². The van der Waals surface area contributed by atoms with E-state index in [2.05, 4.69) is 22.1 Å². The van der Waals surface area contributed by atoms with Gasteiger partial charge in [0.15, 0.2) is 0 Å². The molecule has 3 aliphatic rings. The van der Waals surface area contributed by atoms with Crippen molar-refractivity contribution in [1.82, 2.24) is 15.2 Å². The Labute approximate surface area is 134 Å². The van der Waals surface area contributed by atoms with E-state index in [1.54, 1.807) is 11.3 Å². The first-order valence-electron chi connectivity index (χ1n) is 8.04. The van der Waals surface area contributed by atoms with E-state index in [-0.39, 0.29) is 11.9 Å². The number of hydrogen-bond donors (Lipinski definition) is 1. The third kappa shape index (κ3) is 2.32. The molecule has 3 fully saturated rings. The molecule has 4 nitrogen and oxygen atoms in total. The molecule has 5 heteroatoms. The van der Waals surface area contributed by atoms with Gasteiger partial charge < -0.3 is 5.32 Å². The molecule has 0 saturated carbocycles. The lowest BCUT2D eigenvalue weighted by atomic mass is 9.79. The zero-order valence-electron chi connectivity index (χ0n) is 13.0. The van der Waals surface area contributed by atoms with E-state index in [1.807, 2.05) is 25.1 Å². The van der Waals surface area contributed by atoms with Gasteiger partial charge in [0.25, 0.3) is 5.91 Å². The van der Waals surface area contributed by atoms with Crippen molar-refractivity contribution in [3.63, 3.8) is 0 Å². The fourth-order valence-electron chi connectivity index (χ4n) is 3.96. The van der Waals surface area contributed by atoms with Crippen molar-refractivity contribution in [3.8, 4) is 0 Å². The van der Waals surface area contributed by atoms with Gasteiger partial charge in [-0.05, 0) is 63.9 Å². The van der Waals surface area contributed by atoms with Gasteiger partial charge in [0.1, 0.15) is 0 Å². The van der Waals surface area contributed by atoms with E-state index in [4.69, 9.17) is 0 Å². The van der Waals surface area contributed by atoms with E-state index >= 15 is 0 Å². The van der Waals surface area contributed by atoms with Gasteiger partial charge in [0, 0.05) is 17.6 Å². The van der Waals surface area contributed by atoms with Gasteiger partial charge in [-0.3, -0.25) is 9.69 Å². The standard InChI is InChI=1S/C17H21N3OS/c1-10-16(12-5-7-20(10)8-6-12)19-17(21)13-3-4-14-15(9-13)22-11(2)18-14/h3-4,9-10,12,16H,5-8H2,1-2H3,(H,19,21). The quantitative estimate of drug-likeness (QED) is 0.927. The molecule has 3 aliphatic heterocycles. The number of carbonyl (C=O) groups excluding carboxylic acids is 1. The zero-order valence-corrected chi connectivity index (χ0v) is 13.8. The summed E-state index contributed by atoms with van der Waals surface area (Å²) in [7, 11) is 0. The Morgan fingerprint density at radius 3 is 2.86 bits per heavy atom. The highest BCUT2D eigenvalue weighted by atomic mass is 32.1. The molecule has 1 N–H and O–H groups in total. The number of carbonyl (C=O) groups is 1. The van der Waals surface area contributed by atoms with Crippen molar-refractivity contribution in [2.75, 3.05) is 13.1 Å². The van der Waals surface area contributed by atoms with Crippen molar-refractivity contribution in [2.45, 2.75) is 38.8 Å². The van der Waals surface area contributed by atoms with Crippen LogP contribution in [0.4, 0.5) is 0 Å². The molecule has 3 saturated heterocycles. The lowest BCUT2D eigenvalue weighted by Gasteiger charge is -2.49. The van der Waals surface area contributed by atoms with Crippen LogP contribution < -0.4 is 5.32 Å². The molecule has 1 amide bonds. The van der Waals surface area contributed by atoms with Crippen LogP contribution in [0.3, 0.4) is 0 Å². The van der Waals surface area contributed by atoms with Crippen LogP contribution in [0.25, 0.3) is 10.2 Å². The Bertz CT molecular complexity index is 716. The number of piperidine rings is 3. The Balaban J connectivity index is 1.55. The van der Waals surface area contributed by atoms with Crippen LogP contribution in [-0.2, 0) is 0 Å². The molecule has 0 spiro atoms. The second-order valence-electron chi connectivity index (χ2n) is 6.53. The summed E-state index contributed by atoms with van der Waals surface area (Å²) in [5.41, 5.74) is 1.73. The number of aryl methyl sites for hydroxylation is 1. The van der Waals surface area contributed by atoms with Crippen molar-refractivity contribution in [3.05, 3.63) is 28.8 Å². The van der Waals surface area contributed by atoms with Gasteiger partial charge in [0.05, 0.1) is 15.2 Å². The average molecular weight is 315 g/mol. The smallest absolute Gasteiger partial charge is 0.251 e. The summed E-state index contributed by atoms with van der Waals surface area (Å²) in [5.74, 6) is 0.692. The fourth-order valence-corrected chi connectivity index (χ4v) is 4.83. The molecule has 22 heavy (non-hydrogen) atoms. The molecule has 0 radical (unpaired) electrons. The number of nitrogens with zero attached hydrogens (tertiary/aromatic N) is 2. The molecule has 116 valence electrons. The minimum absolute atomic E-state index is 0.0542. The van der Waals surface area contributed by atoms with Crippen LogP contribution in [-0.4, -0.2) is 41.0 Å². The number of amides is 1. The van der Waals surface area contributed by atoms with E-state index < -0.39 is 0 Å². The summed E-state index contributed by atoms with van der Waals surface area (Å²) in [6, 6.07) is 6.55. The van der Waals surface area contributed by atoms with E-state index in [9.17, 15) is 4.79 Å². The van der Waals surface area contributed by atoms with Crippen molar-refractivity contribution >= 4 is 27.5 Å². The molecule has 4 heterocycles. The second kappa shape index (κ2) is 5.32. The normalized spacial score (nSPS) is 30.6. The molecule has 2 bridgehead atoms. The molecule has 2 atom stereocenters. The van der Waals surface area contributed by atoms with E-state index in [1.165, 1.54) is 25.9 Å². The highest BCUT2D eigenvalue weighted by Gasteiger charge is 2.40. The van der Waals surface area contributed by atoms with Crippen LogP contribution in [0.15, 0.2) is 18.2 Å². The molecular formula is C17H21N3OS. The highest BCUT2D eigenvalue weighted by molar-refractivity contribution is 7.18. The van der Waals surface area contributed by atoms with Crippen LogP contribution >= 0.6 is 11.3 Å². The van der Waals surface area contributed by atoms with Gasteiger partial charge in [-0.15, -0.1) is 11.3 Å². The Morgan fingerprint density at radius 1 is 1.36 bits per heavy atom. The summed E-state index contributed by atoms with van der Waals surface area (Å²) in [5, 5.41) is 4.33. The van der Waals surface area contributed by atoms with Crippen LogP contribution in [0.2, 0.25) is 0 Å². The summed E-state index contributed by atoms with van der Waals surface area (Å²) in [6.45, 7) is 6.61. The van der Waals surface area contributed by atoms with Gasteiger partial charge in [0.2, 0.25) is 0 Å². The number of aromatic nitrogens is 1. The molecule has 1 aromatic carbocycles. The van der Waals surface area contributed by atoms with Crippen LogP contribution in [0.5, 0.6) is 0 Å². The average Bonchev–Trinajstić information content (AvgIpc) is 2.90. The number of fused-ring (bicyclic) bond motifs is 4. The molecule has 0 aliphatic carbocycles. The Morgan fingerprint density at radius 2 is 2.14 bits per heavy atom. The highest BCUT2D eigenvalue weighted by Crippen LogP contribution is 2.32. The zero-order chi connectivity index (χ0) is 15.3. The monoisotopic (exact) mass is 315 g/mol. The second-order valence-corrected chi connectivity index (χ2v) is 7.76. The molecular weight excluding hydrogens is 294 g/mol. The minimum atomic E-state index is 0.0542. The van der Waals surface area contributed by atoms with Crippen molar-refractivity contribution < 1.29 is 4.79 Å². The topological polar surface area (TPSA) is 45.2 Å². The molecule has 5 rings (SSSR count). The van der Waals surface area contributed by atoms with Crippen molar-refractivity contribution in [1.29, 1.82) is 0 Å². The van der Waals surface area contributed by atoms with Crippen molar-refractivity contribution in [2.24, 2.45) is 5.92 Å². The maximum Gasteiger partial charge on any atom is 0.251 e. The van der Waals surface area contributed by atoms with Gasteiger partial charge in [-0.25, -0.2) is 4.98 Å². The van der Waals surface area contributed by atoms with Gasteiger partial charge in [-0.1, -0.05) is 0 Å². The van der Waals surface area contributed by atoms with Gasteiger partial charge in [-0.2, -0.15) is 0 Å². The first kappa shape index (κ1) is 14.2. The lowest BCUT2D eigenvalue weighted by molar-refractivity contribution is 0.0217. The Kier molecular flexibility index (Phi) is 3.42. The molecule has 2 unspecified atom stereocenters. The van der Waals surface area contributed by atoms with E-state index in [0.717, 1.165) is 20.8 Å². The number of rotatable bonds is 2. The fraction of sp³-hybridized carbons (Fsp3) is 0.529. The summed E-state index contributed by atoms with van der Waals surface area (Å²) < 4.78 is 1.09. The number of nitrogens with one attached hydrogen (secondary N) is 1. The van der Waals surface area contributed by atoms with Crippen LogP contribution in [0.1, 0.15) is 35.1 Å². The maximum atomic E-state index is 12.6. The maximum absolute atomic E-state index is 12.6. The predicted octanol–water partition coefficient (Wildman–Crippen LogP) is 2.82. The van der Waals surface area contributed by atoms with Crippen LogP contribution in [0, 0.1) is 12.8 Å². The third-order valence-electron chi connectivity index (χ3n) is 5.23. The Hall–Kier alpha value is -1.46. The summed E-state index contributed by atoms with van der Waals surface area (Å²) in [4.78, 5) is 19.6. The first-order valence-corrected chi connectivity index (χ1v) is 8.85. The largest absolute Gasteiger partial charge is 0.347 e. The first-order chi connectivity index (χ1) is 10.6. The van der Waals surface area contributed by atoms with Gasteiger partial charge >= 0.3 is 0 Å². The number of hydrogen-bond acceptors (Lipinski definition) is 4. The summed E-state index contributed by atoms with van der Waals surface area (Å²) >= 11 is 1.64. The minimum Gasteiger partial charge on any atom is -0.347 e. The third-order valence-corrected chi connectivity index (χ3v) is 6.17. The molecule has 1 aromatic heterocycles. The SMILES string of the molecule is Cc1nc2ccc(C(=O)NC3C4CCN(CC4)C3C)cc2s1.